The molecule has 0 atom stereocenters. The van der Waals surface area contributed by atoms with Crippen LogP contribution in [-0.2, 0) is 11.3 Å². The van der Waals surface area contributed by atoms with Gasteiger partial charge in [0.15, 0.2) is 0 Å². The molecular formula is C12H19NO3. The number of unbranched alkanes of at least 4 members (excludes halogenated alkanes) is 1. The van der Waals surface area contributed by atoms with Crippen LogP contribution in [0.1, 0.15) is 31.9 Å². The van der Waals surface area contributed by atoms with Gasteiger partial charge in [0.2, 0.25) is 0 Å². The SMILES string of the molecule is CCN(CCCCC(=O)O)Cc1ccco1. The Morgan fingerprint density at radius 3 is 2.88 bits per heavy atom. The van der Waals surface area contributed by atoms with Gasteiger partial charge in [-0.05, 0) is 38.1 Å². The molecule has 1 rings (SSSR count). The highest BCUT2D eigenvalue weighted by molar-refractivity contribution is 5.66. The summed E-state index contributed by atoms with van der Waals surface area (Å²) >= 11 is 0. The van der Waals surface area contributed by atoms with E-state index in [9.17, 15) is 4.79 Å². The molecule has 4 heteroatoms. The van der Waals surface area contributed by atoms with Crippen LogP contribution >= 0.6 is 0 Å². The minimum absolute atomic E-state index is 0.262. The standard InChI is InChI=1S/C12H19NO3/c1-2-13(8-4-3-7-12(14)15)10-11-6-5-9-16-11/h5-6,9H,2-4,7-8,10H2,1H3,(H,14,15). The highest BCUT2D eigenvalue weighted by Gasteiger charge is 2.05. The number of carbonyl (C=O) groups is 1. The van der Waals surface area contributed by atoms with Crippen molar-refractivity contribution in [2.75, 3.05) is 13.1 Å². The lowest BCUT2D eigenvalue weighted by Crippen LogP contribution is -2.23. The van der Waals surface area contributed by atoms with Gasteiger partial charge in [-0.15, -0.1) is 0 Å². The van der Waals surface area contributed by atoms with E-state index in [1.165, 1.54) is 0 Å². The third-order valence-corrected chi connectivity index (χ3v) is 2.52. The van der Waals surface area contributed by atoms with Crippen LogP contribution < -0.4 is 0 Å². The second-order valence-electron chi connectivity index (χ2n) is 3.80. The summed E-state index contributed by atoms with van der Waals surface area (Å²) in [5.41, 5.74) is 0. The maximum absolute atomic E-state index is 10.3. The summed E-state index contributed by atoms with van der Waals surface area (Å²) in [6, 6.07) is 3.84. The van der Waals surface area contributed by atoms with Gasteiger partial charge in [-0.2, -0.15) is 0 Å². The molecule has 16 heavy (non-hydrogen) atoms. The summed E-state index contributed by atoms with van der Waals surface area (Å²) in [5, 5.41) is 8.51. The average Bonchev–Trinajstić information content (AvgIpc) is 2.75. The van der Waals surface area contributed by atoms with E-state index in [4.69, 9.17) is 9.52 Å². The van der Waals surface area contributed by atoms with E-state index >= 15 is 0 Å². The largest absolute Gasteiger partial charge is 0.481 e. The van der Waals surface area contributed by atoms with Crippen LogP contribution in [0.2, 0.25) is 0 Å². The summed E-state index contributed by atoms with van der Waals surface area (Å²) in [5.74, 6) is 0.245. The van der Waals surface area contributed by atoms with Gasteiger partial charge in [0, 0.05) is 6.42 Å². The van der Waals surface area contributed by atoms with Crippen molar-refractivity contribution >= 4 is 5.97 Å². The molecule has 0 aliphatic rings. The molecule has 0 saturated carbocycles. The molecule has 0 saturated heterocycles. The van der Waals surface area contributed by atoms with Crippen LogP contribution in [0, 0.1) is 0 Å². The average molecular weight is 225 g/mol. The molecule has 1 heterocycles. The van der Waals surface area contributed by atoms with E-state index < -0.39 is 5.97 Å². The Morgan fingerprint density at radius 1 is 1.50 bits per heavy atom. The van der Waals surface area contributed by atoms with Gasteiger partial charge in [-0.3, -0.25) is 9.69 Å². The van der Waals surface area contributed by atoms with Crippen LogP contribution in [-0.4, -0.2) is 29.1 Å². The molecule has 0 bridgehead atoms. The second-order valence-corrected chi connectivity index (χ2v) is 3.80. The van der Waals surface area contributed by atoms with Crippen molar-refractivity contribution in [3.8, 4) is 0 Å². The first-order valence-corrected chi connectivity index (χ1v) is 5.69. The van der Waals surface area contributed by atoms with E-state index in [0.717, 1.165) is 38.2 Å². The van der Waals surface area contributed by atoms with Crippen molar-refractivity contribution in [1.29, 1.82) is 0 Å². The Kier molecular flexibility index (Phi) is 5.64. The van der Waals surface area contributed by atoms with Crippen molar-refractivity contribution in [3.63, 3.8) is 0 Å². The minimum Gasteiger partial charge on any atom is -0.481 e. The van der Waals surface area contributed by atoms with Crippen molar-refractivity contribution < 1.29 is 14.3 Å². The lowest BCUT2D eigenvalue weighted by atomic mass is 10.2. The molecule has 0 fully saturated rings. The maximum Gasteiger partial charge on any atom is 0.303 e. The fourth-order valence-corrected chi connectivity index (χ4v) is 1.58. The van der Waals surface area contributed by atoms with Gasteiger partial charge < -0.3 is 9.52 Å². The highest BCUT2D eigenvalue weighted by atomic mass is 16.4. The molecule has 0 unspecified atom stereocenters. The van der Waals surface area contributed by atoms with E-state index in [0.29, 0.717) is 0 Å². The Balaban J connectivity index is 2.19. The number of hydrogen-bond acceptors (Lipinski definition) is 3. The van der Waals surface area contributed by atoms with Gasteiger partial charge in [-0.25, -0.2) is 0 Å². The summed E-state index contributed by atoms with van der Waals surface area (Å²) < 4.78 is 5.27. The molecule has 0 aromatic carbocycles. The lowest BCUT2D eigenvalue weighted by molar-refractivity contribution is -0.137. The van der Waals surface area contributed by atoms with Crippen molar-refractivity contribution in [3.05, 3.63) is 24.2 Å². The number of aliphatic carboxylic acids is 1. The van der Waals surface area contributed by atoms with Crippen LogP contribution in [0.3, 0.4) is 0 Å². The first kappa shape index (κ1) is 12.8. The molecule has 1 aromatic heterocycles. The summed E-state index contributed by atoms with van der Waals surface area (Å²) in [7, 11) is 0. The van der Waals surface area contributed by atoms with E-state index in [1.54, 1.807) is 6.26 Å². The molecule has 4 nitrogen and oxygen atoms in total. The quantitative estimate of drug-likeness (QED) is 0.690. The molecule has 0 aliphatic carbocycles. The second kappa shape index (κ2) is 7.06. The molecule has 1 N–H and O–H groups in total. The molecule has 0 spiro atoms. The number of carboxylic acids is 1. The number of hydrogen-bond donors (Lipinski definition) is 1. The number of rotatable bonds is 8. The van der Waals surface area contributed by atoms with Gasteiger partial charge in [0.25, 0.3) is 0 Å². The number of furan rings is 1. The predicted molar refractivity (Wildman–Crippen MR) is 61.1 cm³/mol. The van der Waals surface area contributed by atoms with Crippen molar-refractivity contribution in [1.82, 2.24) is 4.90 Å². The van der Waals surface area contributed by atoms with Crippen LogP contribution in [0.5, 0.6) is 0 Å². The zero-order chi connectivity index (χ0) is 11.8. The smallest absolute Gasteiger partial charge is 0.303 e. The van der Waals surface area contributed by atoms with Crippen LogP contribution in [0.25, 0.3) is 0 Å². The Labute approximate surface area is 95.9 Å². The Bertz CT molecular complexity index is 295. The molecule has 90 valence electrons. The summed E-state index contributed by atoms with van der Waals surface area (Å²) in [6.07, 6.45) is 3.59. The Morgan fingerprint density at radius 2 is 2.31 bits per heavy atom. The third-order valence-electron chi connectivity index (χ3n) is 2.52. The van der Waals surface area contributed by atoms with Gasteiger partial charge in [-0.1, -0.05) is 6.92 Å². The number of nitrogens with zero attached hydrogens (tertiary/aromatic N) is 1. The Hall–Kier alpha value is -1.29. The minimum atomic E-state index is -0.714. The number of carboxylic acid groups (broad SMARTS) is 1. The van der Waals surface area contributed by atoms with Crippen LogP contribution in [0.4, 0.5) is 0 Å². The third kappa shape index (κ3) is 4.98. The first-order valence-electron chi connectivity index (χ1n) is 5.69. The molecular weight excluding hydrogens is 206 g/mol. The zero-order valence-electron chi connectivity index (χ0n) is 9.69. The highest BCUT2D eigenvalue weighted by Crippen LogP contribution is 2.07. The summed E-state index contributed by atoms with van der Waals surface area (Å²) in [6.45, 7) is 4.77. The predicted octanol–water partition coefficient (Wildman–Crippen LogP) is 2.36. The fraction of sp³-hybridized carbons (Fsp3) is 0.583. The monoisotopic (exact) mass is 225 g/mol. The molecule has 0 aliphatic heterocycles. The maximum atomic E-state index is 10.3. The zero-order valence-corrected chi connectivity index (χ0v) is 9.69. The van der Waals surface area contributed by atoms with E-state index in [2.05, 4.69) is 11.8 Å². The van der Waals surface area contributed by atoms with E-state index in [-0.39, 0.29) is 6.42 Å². The molecule has 0 amide bonds. The first-order chi connectivity index (χ1) is 7.72. The van der Waals surface area contributed by atoms with Gasteiger partial charge >= 0.3 is 5.97 Å². The van der Waals surface area contributed by atoms with Gasteiger partial charge in [0.05, 0.1) is 12.8 Å². The topological polar surface area (TPSA) is 53.7 Å². The molecule has 1 aromatic rings. The fourth-order valence-electron chi connectivity index (χ4n) is 1.58. The summed E-state index contributed by atoms with van der Waals surface area (Å²) in [4.78, 5) is 12.6. The lowest BCUT2D eigenvalue weighted by Gasteiger charge is -2.18. The van der Waals surface area contributed by atoms with Crippen LogP contribution in [0.15, 0.2) is 22.8 Å². The molecule has 0 radical (unpaired) electrons. The van der Waals surface area contributed by atoms with Crippen molar-refractivity contribution in [2.24, 2.45) is 0 Å². The van der Waals surface area contributed by atoms with E-state index in [1.807, 2.05) is 12.1 Å². The normalized spacial score (nSPS) is 10.9. The van der Waals surface area contributed by atoms with Crippen molar-refractivity contribution in [2.45, 2.75) is 32.7 Å². The van der Waals surface area contributed by atoms with Gasteiger partial charge in [0.1, 0.15) is 5.76 Å².